The van der Waals surface area contributed by atoms with E-state index in [1.807, 2.05) is 17.5 Å². The molecule has 3 aromatic rings. The highest BCUT2D eigenvalue weighted by molar-refractivity contribution is 7.09. The first kappa shape index (κ1) is 22.4. The molecule has 0 saturated carbocycles. The van der Waals surface area contributed by atoms with Crippen molar-refractivity contribution < 1.29 is 14.3 Å². The van der Waals surface area contributed by atoms with Crippen LogP contribution in [0.25, 0.3) is 11.3 Å². The lowest BCUT2D eigenvalue weighted by atomic mass is 10.2. The van der Waals surface area contributed by atoms with E-state index in [0.29, 0.717) is 17.8 Å². The third kappa shape index (κ3) is 7.18. The van der Waals surface area contributed by atoms with Gasteiger partial charge in [0.15, 0.2) is 0 Å². The number of thiazole rings is 1. The van der Waals surface area contributed by atoms with Crippen molar-refractivity contribution in [3.05, 3.63) is 64.7 Å². The molecule has 31 heavy (non-hydrogen) atoms. The van der Waals surface area contributed by atoms with Crippen LogP contribution in [0.15, 0.2) is 54.2 Å². The van der Waals surface area contributed by atoms with Gasteiger partial charge in [-0.05, 0) is 57.5 Å². The lowest BCUT2D eigenvalue weighted by molar-refractivity contribution is 0.0635. The molecule has 0 aliphatic heterocycles. The van der Waals surface area contributed by atoms with Crippen LogP contribution in [0, 0.1) is 0 Å². The second-order valence-electron chi connectivity index (χ2n) is 7.93. The molecule has 2 amide bonds. The lowest BCUT2D eigenvalue weighted by Gasteiger charge is -2.19. The number of aromatic nitrogens is 2. The average molecular weight is 439 g/mol. The summed E-state index contributed by atoms with van der Waals surface area (Å²) in [6.07, 6.45) is 4.52. The minimum Gasteiger partial charge on any atom is -0.444 e. The van der Waals surface area contributed by atoms with E-state index in [4.69, 9.17) is 4.74 Å². The molecule has 0 aliphatic rings. The van der Waals surface area contributed by atoms with E-state index in [0.717, 1.165) is 29.1 Å². The lowest BCUT2D eigenvalue weighted by Crippen LogP contribution is -2.27. The molecule has 3 rings (SSSR count). The largest absolute Gasteiger partial charge is 0.444 e. The van der Waals surface area contributed by atoms with E-state index in [1.165, 1.54) is 0 Å². The second kappa shape index (κ2) is 10.2. The molecule has 1 aromatic carbocycles. The van der Waals surface area contributed by atoms with Gasteiger partial charge in [0, 0.05) is 47.6 Å². The Labute approximate surface area is 185 Å². The molecule has 0 atom stereocenters. The van der Waals surface area contributed by atoms with E-state index >= 15 is 0 Å². The predicted octanol–water partition coefficient (Wildman–Crippen LogP) is 4.91. The summed E-state index contributed by atoms with van der Waals surface area (Å²) in [5.74, 6) is -0.190. The second-order valence-corrected chi connectivity index (χ2v) is 8.87. The van der Waals surface area contributed by atoms with Gasteiger partial charge in [-0.2, -0.15) is 0 Å². The fourth-order valence-electron chi connectivity index (χ4n) is 2.78. The minimum atomic E-state index is -0.588. The number of pyridine rings is 1. The predicted molar refractivity (Wildman–Crippen MR) is 122 cm³/mol. The normalized spacial score (nSPS) is 11.1. The number of anilines is 1. The van der Waals surface area contributed by atoms with Crippen molar-refractivity contribution in [2.45, 2.75) is 39.2 Å². The summed E-state index contributed by atoms with van der Waals surface area (Å²) in [6.45, 7) is 5.92. The van der Waals surface area contributed by atoms with Crippen molar-refractivity contribution in [3.63, 3.8) is 0 Å². The number of hydrogen-bond acceptors (Lipinski definition) is 6. The van der Waals surface area contributed by atoms with Crippen LogP contribution in [0.1, 0.15) is 42.6 Å². The van der Waals surface area contributed by atoms with Crippen LogP contribution in [0.2, 0.25) is 0 Å². The summed E-state index contributed by atoms with van der Waals surface area (Å²) in [5.41, 5.74) is 2.39. The molecule has 0 radical (unpaired) electrons. The molecular formula is C23H26N4O3S. The molecule has 2 N–H and O–H groups in total. The molecule has 0 bridgehead atoms. The Morgan fingerprint density at radius 3 is 2.65 bits per heavy atom. The first-order chi connectivity index (χ1) is 14.8. The number of benzene rings is 1. The van der Waals surface area contributed by atoms with Crippen LogP contribution in [0.3, 0.4) is 0 Å². The number of hydrogen-bond donors (Lipinski definition) is 2. The van der Waals surface area contributed by atoms with Crippen molar-refractivity contribution in [1.82, 2.24) is 15.3 Å². The number of rotatable bonds is 7. The third-order valence-corrected chi connectivity index (χ3v) is 5.06. The van der Waals surface area contributed by atoms with Crippen LogP contribution < -0.4 is 10.6 Å². The molecule has 0 unspecified atom stereocenters. The van der Waals surface area contributed by atoms with Crippen molar-refractivity contribution in [2.24, 2.45) is 0 Å². The highest BCUT2D eigenvalue weighted by Crippen LogP contribution is 2.21. The summed E-state index contributed by atoms with van der Waals surface area (Å²) in [6, 6.07) is 10.6. The number of amides is 2. The van der Waals surface area contributed by atoms with Gasteiger partial charge in [-0.15, -0.1) is 11.3 Å². The Kier molecular flexibility index (Phi) is 7.36. The van der Waals surface area contributed by atoms with Crippen molar-refractivity contribution >= 4 is 29.0 Å². The molecule has 0 saturated heterocycles. The standard InChI is InChI=1S/C23H26N4O3S/c1-23(2,3)30-22(29)26-18-7-4-6-17(14-18)21(28)25-11-5-8-20-27-19(15-31-20)16-9-12-24-13-10-16/h4,6-7,9-10,12-15H,5,8,11H2,1-3H3,(H,25,28)(H,26,29). The number of carbonyl (C=O) groups is 2. The average Bonchev–Trinajstić information content (AvgIpc) is 3.19. The van der Waals surface area contributed by atoms with Gasteiger partial charge in [0.1, 0.15) is 5.60 Å². The molecule has 2 aromatic heterocycles. The van der Waals surface area contributed by atoms with Crippen LogP contribution in [-0.2, 0) is 11.2 Å². The maximum Gasteiger partial charge on any atom is 0.412 e. The first-order valence-corrected chi connectivity index (χ1v) is 10.9. The molecular weight excluding hydrogens is 412 g/mol. The molecule has 7 nitrogen and oxygen atoms in total. The van der Waals surface area contributed by atoms with Crippen LogP contribution >= 0.6 is 11.3 Å². The number of nitrogens with zero attached hydrogens (tertiary/aromatic N) is 2. The van der Waals surface area contributed by atoms with E-state index in [1.54, 1.807) is 68.8 Å². The number of nitrogens with one attached hydrogen (secondary N) is 2. The Balaban J connectivity index is 1.46. The monoisotopic (exact) mass is 438 g/mol. The highest BCUT2D eigenvalue weighted by Gasteiger charge is 2.16. The van der Waals surface area contributed by atoms with Gasteiger partial charge in [-0.3, -0.25) is 15.1 Å². The summed E-state index contributed by atoms with van der Waals surface area (Å²) < 4.78 is 5.23. The van der Waals surface area contributed by atoms with E-state index in [-0.39, 0.29) is 5.91 Å². The van der Waals surface area contributed by atoms with Gasteiger partial charge in [0.05, 0.1) is 10.7 Å². The van der Waals surface area contributed by atoms with E-state index in [2.05, 4.69) is 20.6 Å². The Hall–Kier alpha value is -3.26. The Morgan fingerprint density at radius 1 is 1.13 bits per heavy atom. The van der Waals surface area contributed by atoms with Crippen molar-refractivity contribution in [2.75, 3.05) is 11.9 Å². The van der Waals surface area contributed by atoms with Crippen LogP contribution in [0.4, 0.5) is 10.5 Å². The molecule has 0 fully saturated rings. The number of carbonyl (C=O) groups excluding carboxylic acids is 2. The zero-order valence-electron chi connectivity index (χ0n) is 17.8. The van der Waals surface area contributed by atoms with Gasteiger partial charge in [-0.1, -0.05) is 6.07 Å². The van der Waals surface area contributed by atoms with Crippen LogP contribution in [0.5, 0.6) is 0 Å². The number of aryl methyl sites for hydroxylation is 1. The quantitative estimate of drug-likeness (QED) is 0.511. The molecule has 162 valence electrons. The maximum atomic E-state index is 12.4. The molecule has 8 heteroatoms. The fraction of sp³-hybridized carbons (Fsp3) is 0.304. The van der Waals surface area contributed by atoms with E-state index in [9.17, 15) is 9.59 Å². The summed E-state index contributed by atoms with van der Waals surface area (Å²) in [4.78, 5) is 33.0. The molecule has 2 heterocycles. The summed E-state index contributed by atoms with van der Waals surface area (Å²) in [5, 5.41) is 8.62. The Bertz CT molecular complexity index is 1030. The zero-order valence-corrected chi connectivity index (χ0v) is 18.7. The van der Waals surface area contributed by atoms with Crippen LogP contribution in [-0.4, -0.2) is 34.1 Å². The minimum absolute atomic E-state index is 0.190. The smallest absolute Gasteiger partial charge is 0.412 e. The maximum absolute atomic E-state index is 12.4. The zero-order chi connectivity index (χ0) is 22.3. The SMILES string of the molecule is CC(C)(C)OC(=O)Nc1cccc(C(=O)NCCCc2nc(-c3ccncc3)cs2)c1. The topological polar surface area (TPSA) is 93.2 Å². The van der Waals surface area contributed by atoms with Crippen molar-refractivity contribution in [3.8, 4) is 11.3 Å². The fourth-order valence-corrected chi connectivity index (χ4v) is 3.63. The Morgan fingerprint density at radius 2 is 1.90 bits per heavy atom. The summed E-state index contributed by atoms with van der Waals surface area (Å²) >= 11 is 1.61. The number of ether oxygens (including phenoxy) is 1. The van der Waals surface area contributed by atoms with Gasteiger partial charge in [-0.25, -0.2) is 9.78 Å². The van der Waals surface area contributed by atoms with Crippen molar-refractivity contribution in [1.29, 1.82) is 0 Å². The van der Waals surface area contributed by atoms with Gasteiger partial charge < -0.3 is 10.1 Å². The third-order valence-electron chi connectivity index (χ3n) is 4.15. The first-order valence-electron chi connectivity index (χ1n) is 10.0. The van der Waals surface area contributed by atoms with Gasteiger partial charge in [0.2, 0.25) is 0 Å². The molecule has 0 spiro atoms. The van der Waals surface area contributed by atoms with Gasteiger partial charge >= 0.3 is 6.09 Å². The van der Waals surface area contributed by atoms with Gasteiger partial charge in [0.25, 0.3) is 5.91 Å². The van der Waals surface area contributed by atoms with E-state index < -0.39 is 11.7 Å². The highest BCUT2D eigenvalue weighted by atomic mass is 32.1. The summed E-state index contributed by atoms with van der Waals surface area (Å²) in [7, 11) is 0. The molecule has 0 aliphatic carbocycles.